The van der Waals surface area contributed by atoms with Crippen molar-refractivity contribution in [2.75, 3.05) is 19.6 Å². The van der Waals surface area contributed by atoms with Gasteiger partial charge in [-0.05, 0) is 50.0 Å². The number of benzene rings is 1. The Morgan fingerprint density at radius 1 is 1.50 bits per heavy atom. The molecule has 108 valence electrons. The second kappa shape index (κ2) is 6.31. The largest absolute Gasteiger partial charge is 0.316 e. The summed E-state index contributed by atoms with van der Waals surface area (Å²) < 4.78 is 40.2. The summed E-state index contributed by atoms with van der Waals surface area (Å²) in [5, 5.41) is 11.8. The van der Waals surface area contributed by atoms with E-state index in [9.17, 15) is 12.8 Å². The summed E-state index contributed by atoms with van der Waals surface area (Å²) in [5.41, 5.74) is 0.0953. The van der Waals surface area contributed by atoms with Crippen LogP contribution in [0.3, 0.4) is 0 Å². The quantitative estimate of drug-likeness (QED) is 0.868. The van der Waals surface area contributed by atoms with E-state index in [0.717, 1.165) is 38.1 Å². The van der Waals surface area contributed by atoms with Gasteiger partial charge in [0.05, 0.1) is 11.6 Å². The maximum Gasteiger partial charge on any atom is 0.243 e. The SMILES string of the molecule is N#Cc1ccc(S(=O)(=O)NCC2CCCNC2)c(F)c1. The summed E-state index contributed by atoms with van der Waals surface area (Å²) in [6.45, 7) is 2.00. The zero-order valence-corrected chi connectivity index (χ0v) is 11.7. The first-order valence-electron chi connectivity index (χ1n) is 6.43. The summed E-state index contributed by atoms with van der Waals surface area (Å²) in [5.74, 6) is -0.682. The molecule has 5 nitrogen and oxygen atoms in total. The van der Waals surface area contributed by atoms with Gasteiger partial charge in [-0.25, -0.2) is 17.5 Å². The van der Waals surface area contributed by atoms with Crippen molar-refractivity contribution in [3.63, 3.8) is 0 Å². The van der Waals surface area contributed by atoms with Crippen molar-refractivity contribution in [1.82, 2.24) is 10.0 Å². The van der Waals surface area contributed by atoms with Crippen LogP contribution < -0.4 is 10.0 Å². The van der Waals surface area contributed by atoms with E-state index in [2.05, 4.69) is 10.0 Å². The van der Waals surface area contributed by atoms with Gasteiger partial charge >= 0.3 is 0 Å². The van der Waals surface area contributed by atoms with Crippen molar-refractivity contribution in [2.45, 2.75) is 17.7 Å². The lowest BCUT2D eigenvalue weighted by atomic mass is 10.0. The second-order valence-electron chi connectivity index (χ2n) is 4.82. The number of nitrogens with one attached hydrogen (secondary N) is 2. The van der Waals surface area contributed by atoms with Crippen LogP contribution in [0.5, 0.6) is 0 Å². The fraction of sp³-hybridized carbons (Fsp3) is 0.462. The average Bonchev–Trinajstić information content (AvgIpc) is 2.46. The Morgan fingerprint density at radius 3 is 2.90 bits per heavy atom. The van der Waals surface area contributed by atoms with Crippen molar-refractivity contribution < 1.29 is 12.8 Å². The van der Waals surface area contributed by atoms with Crippen LogP contribution in [-0.4, -0.2) is 28.1 Å². The Bertz CT molecular complexity index is 619. The highest BCUT2D eigenvalue weighted by Gasteiger charge is 2.21. The van der Waals surface area contributed by atoms with E-state index in [1.54, 1.807) is 6.07 Å². The Balaban J connectivity index is 2.08. The van der Waals surface area contributed by atoms with Crippen molar-refractivity contribution in [2.24, 2.45) is 5.92 Å². The molecule has 0 amide bonds. The smallest absolute Gasteiger partial charge is 0.243 e. The molecule has 1 unspecified atom stereocenters. The highest BCUT2D eigenvalue weighted by Crippen LogP contribution is 2.16. The Labute approximate surface area is 117 Å². The molecule has 0 aromatic heterocycles. The van der Waals surface area contributed by atoms with Crippen molar-refractivity contribution in [1.29, 1.82) is 5.26 Å². The zero-order valence-electron chi connectivity index (χ0n) is 10.9. The van der Waals surface area contributed by atoms with Crippen molar-refractivity contribution >= 4 is 10.0 Å². The van der Waals surface area contributed by atoms with Crippen LogP contribution in [0.4, 0.5) is 4.39 Å². The minimum atomic E-state index is -3.88. The van der Waals surface area contributed by atoms with Gasteiger partial charge in [-0.15, -0.1) is 0 Å². The molecule has 7 heteroatoms. The first kappa shape index (κ1) is 14.9. The van der Waals surface area contributed by atoms with Gasteiger partial charge in [-0.2, -0.15) is 5.26 Å². The van der Waals surface area contributed by atoms with Crippen LogP contribution >= 0.6 is 0 Å². The standard InChI is InChI=1S/C13H16FN3O2S/c14-12-6-10(7-15)3-4-13(12)20(18,19)17-9-11-2-1-5-16-8-11/h3-4,6,11,16-17H,1-2,5,8-9H2. The molecule has 0 aliphatic carbocycles. The van der Waals surface area contributed by atoms with Crippen LogP contribution in [0.2, 0.25) is 0 Å². The summed E-state index contributed by atoms with van der Waals surface area (Å²) >= 11 is 0. The van der Waals surface area contributed by atoms with Gasteiger partial charge in [0, 0.05) is 6.54 Å². The lowest BCUT2D eigenvalue weighted by Gasteiger charge is -2.22. The lowest BCUT2D eigenvalue weighted by Crippen LogP contribution is -2.38. The number of piperidine rings is 1. The minimum absolute atomic E-state index is 0.0953. The summed E-state index contributed by atoms with van der Waals surface area (Å²) in [6, 6.07) is 5.11. The van der Waals surface area contributed by atoms with E-state index in [0.29, 0.717) is 0 Å². The van der Waals surface area contributed by atoms with Crippen molar-refractivity contribution in [3.8, 4) is 6.07 Å². The predicted molar refractivity (Wildman–Crippen MR) is 71.9 cm³/mol. The molecule has 1 aliphatic heterocycles. The van der Waals surface area contributed by atoms with E-state index in [1.165, 1.54) is 6.07 Å². The Hall–Kier alpha value is -1.49. The molecule has 1 aromatic carbocycles. The van der Waals surface area contributed by atoms with Gasteiger partial charge < -0.3 is 5.32 Å². The van der Waals surface area contributed by atoms with Gasteiger partial charge in [0.1, 0.15) is 10.7 Å². The molecule has 20 heavy (non-hydrogen) atoms. The van der Waals surface area contributed by atoms with E-state index in [1.807, 2.05) is 0 Å². The van der Waals surface area contributed by atoms with Gasteiger partial charge in [-0.3, -0.25) is 0 Å². The number of halogens is 1. The molecule has 1 heterocycles. The predicted octanol–water partition coefficient (Wildman–Crippen LogP) is 0.975. The van der Waals surface area contributed by atoms with Crippen LogP contribution in [0.15, 0.2) is 23.1 Å². The molecule has 1 atom stereocenters. The molecule has 1 fully saturated rings. The normalized spacial score (nSPS) is 19.5. The molecule has 1 aliphatic rings. The number of hydrogen-bond acceptors (Lipinski definition) is 4. The first-order chi connectivity index (χ1) is 9.53. The molecule has 1 aromatic rings. The van der Waals surface area contributed by atoms with Gasteiger partial charge in [0.15, 0.2) is 0 Å². The third-order valence-electron chi connectivity index (χ3n) is 3.31. The van der Waals surface area contributed by atoms with Crippen LogP contribution in [-0.2, 0) is 10.0 Å². The van der Waals surface area contributed by atoms with Gasteiger partial charge in [0.2, 0.25) is 10.0 Å². The summed E-state index contributed by atoms with van der Waals surface area (Å²) in [4.78, 5) is -0.416. The molecular formula is C13H16FN3O2S. The fourth-order valence-corrected chi connectivity index (χ4v) is 3.37. The molecule has 0 saturated carbocycles. The maximum absolute atomic E-state index is 13.7. The minimum Gasteiger partial charge on any atom is -0.316 e. The first-order valence-corrected chi connectivity index (χ1v) is 7.91. The third kappa shape index (κ3) is 3.54. The molecule has 2 N–H and O–H groups in total. The number of sulfonamides is 1. The molecular weight excluding hydrogens is 281 g/mol. The lowest BCUT2D eigenvalue weighted by molar-refractivity contribution is 0.375. The Morgan fingerprint density at radius 2 is 2.30 bits per heavy atom. The fourth-order valence-electron chi connectivity index (χ4n) is 2.19. The third-order valence-corrected chi connectivity index (χ3v) is 4.77. The van der Waals surface area contributed by atoms with E-state index in [4.69, 9.17) is 5.26 Å². The van der Waals surface area contributed by atoms with Gasteiger partial charge in [0.25, 0.3) is 0 Å². The molecule has 0 bridgehead atoms. The topological polar surface area (TPSA) is 82.0 Å². The van der Waals surface area contributed by atoms with Gasteiger partial charge in [-0.1, -0.05) is 0 Å². The van der Waals surface area contributed by atoms with Crippen molar-refractivity contribution in [3.05, 3.63) is 29.6 Å². The molecule has 2 rings (SSSR count). The number of rotatable bonds is 4. The number of nitrogens with zero attached hydrogens (tertiary/aromatic N) is 1. The van der Waals surface area contributed by atoms with Crippen LogP contribution in [0, 0.1) is 23.1 Å². The number of hydrogen-bond donors (Lipinski definition) is 2. The summed E-state index contributed by atoms with van der Waals surface area (Å²) in [6.07, 6.45) is 1.96. The van der Waals surface area contributed by atoms with Crippen LogP contribution in [0.1, 0.15) is 18.4 Å². The van der Waals surface area contributed by atoms with E-state index >= 15 is 0 Å². The highest BCUT2D eigenvalue weighted by atomic mass is 32.2. The molecule has 0 spiro atoms. The Kier molecular flexibility index (Phi) is 4.70. The zero-order chi connectivity index (χ0) is 14.6. The average molecular weight is 297 g/mol. The van der Waals surface area contributed by atoms with Crippen LogP contribution in [0.25, 0.3) is 0 Å². The monoisotopic (exact) mass is 297 g/mol. The molecule has 1 saturated heterocycles. The molecule has 0 radical (unpaired) electrons. The van der Waals surface area contributed by atoms with E-state index < -0.39 is 20.7 Å². The summed E-state index contributed by atoms with van der Waals surface area (Å²) in [7, 11) is -3.88. The maximum atomic E-state index is 13.7. The second-order valence-corrected chi connectivity index (χ2v) is 6.56. The number of nitriles is 1. The highest BCUT2D eigenvalue weighted by molar-refractivity contribution is 7.89. The van der Waals surface area contributed by atoms with E-state index in [-0.39, 0.29) is 18.0 Å².